The van der Waals surface area contributed by atoms with E-state index in [9.17, 15) is 13.2 Å². The molecule has 0 unspecified atom stereocenters. The largest absolute Gasteiger partial charge is 0.398 e. The van der Waals surface area contributed by atoms with Gasteiger partial charge in [-0.15, -0.1) is 12.4 Å². The van der Waals surface area contributed by atoms with Gasteiger partial charge in [-0.25, -0.2) is 13.1 Å². The zero-order chi connectivity index (χ0) is 19.6. The number of anilines is 2. The molecule has 28 heavy (non-hydrogen) atoms. The van der Waals surface area contributed by atoms with Crippen LogP contribution < -0.4 is 15.4 Å². The van der Waals surface area contributed by atoms with E-state index in [1.165, 1.54) is 0 Å². The molecule has 0 bridgehead atoms. The number of nitrogen functional groups attached to an aromatic ring is 1. The van der Waals surface area contributed by atoms with Crippen LogP contribution in [0.3, 0.4) is 0 Å². The highest BCUT2D eigenvalue weighted by atomic mass is 35.5. The molecule has 1 aliphatic rings. The summed E-state index contributed by atoms with van der Waals surface area (Å²) in [6.07, 6.45) is 1.80. The molecule has 0 spiro atoms. The molecule has 0 atom stereocenters. The summed E-state index contributed by atoms with van der Waals surface area (Å²) < 4.78 is 27.4. The number of halogens is 1. The molecule has 6 nitrogen and oxygen atoms in total. The van der Waals surface area contributed by atoms with Crippen molar-refractivity contribution < 1.29 is 13.2 Å². The van der Waals surface area contributed by atoms with E-state index in [1.54, 1.807) is 23.1 Å². The van der Waals surface area contributed by atoms with Gasteiger partial charge in [0.05, 0.1) is 4.90 Å². The van der Waals surface area contributed by atoms with E-state index >= 15 is 0 Å². The van der Waals surface area contributed by atoms with Gasteiger partial charge in [0, 0.05) is 30.9 Å². The lowest BCUT2D eigenvalue weighted by Gasteiger charge is -2.30. The number of sulfonamides is 1. The van der Waals surface area contributed by atoms with Crippen LogP contribution in [0.4, 0.5) is 11.4 Å². The maximum absolute atomic E-state index is 12.6. The molecule has 2 aromatic carbocycles. The molecule has 3 rings (SSSR count). The van der Waals surface area contributed by atoms with Crippen molar-refractivity contribution in [1.82, 2.24) is 4.72 Å². The Kier molecular flexibility index (Phi) is 7.09. The Morgan fingerprint density at radius 2 is 1.93 bits per heavy atom. The van der Waals surface area contributed by atoms with Gasteiger partial charge in [0.2, 0.25) is 15.9 Å². The minimum atomic E-state index is -3.63. The number of carbonyl (C=O) groups excluding carboxylic acids is 1. The second-order valence-electron chi connectivity index (χ2n) is 6.89. The van der Waals surface area contributed by atoms with Gasteiger partial charge in [0.25, 0.3) is 0 Å². The van der Waals surface area contributed by atoms with Crippen LogP contribution in [0.5, 0.6) is 0 Å². The minimum absolute atomic E-state index is 0. The highest BCUT2D eigenvalue weighted by Gasteiger charge is 2.24. The molecule has 0 aromatic heterocycles. The van der Waals surface area contributed by atoms with Crippen LogP contribution in [-0.2, 0) is 21.2 Å². The Morgan fingerprint density at radius 1 is 1.18 bits per heavy atom. The van der Waals surface area contributed by atoms with Gasteiger partial charge in [-0.1, -0.05) is 12.1 Å². The molecule has 0 saturated carbocycles. The van der Waals surface area contributed by atoms with Crippen LogP contribution in [0.15, 0.2) is 41.3 Å². The lowest BCUT2D eigenvalue weighted by Crippen LogP contribution is -2.38. The number of rotatable bonds is 5. The molecule has 152 valence electrons. The van der Waals surface area contributed by atoms with E-state index in [0.717, 1.165) is 35.2 Å². The lowest BCUT2D eigenvalue weighted by molar-refractivity contribution is -0.118. The van der Waals surface area contributed by atoms with Crippen LogP contribution in [-0.4, -0.2) is 27.4 Å². The normalized spacial score (nSPS) is 13.6. The van der Waals surface area contributed by atoms with Crippen LogP contribution >= 0.6 is 12.4 Å². The Hall–Kier alpha value is -2.09. The van der Waals surface area contributed by atoms with E-state index in [1.807, 2.05) is 32.0 Å². The molecule has 3 N–H and O–H groups in total. The first-order chi connectivity index (χ1) is 12.8. The van der Waals surface area contributed by atoms with E-state index < -0.39 is 10.0 Å². The SMILES string of the molecule is Cc1ccc(S(=O)(=O)NCCC(=O)N2CCCc3c(N)cccc32)cc1C.Cl. The van der Waals surface area contributed by atoms with Gasteiger partial charge in [-0.3, -0.25) is 4.79 Å². The van der Waals surface area contributed by atoms with Gasteiger partial charge in [0.15, 0.2) is 0 Å². The fourth-order valence-corrected chi connectivity index (χ4v) is 4.42. The van der Waals surface area contributed by atoms with Crippen molar-refractivity contribution in [2.24, 2.45) is 0 Å². The first kappa shape index (κ1) is 22.2. The summed E-state index contributed by atoms with van der Waals surface area (Å²) in [7, 11) is -3.63. The van der Waals surface area contributed by atoms with Crippen molar-refractivity contribution in [1.29, 1.82) is 0 Å². The van der Waals surface area contributed by atoms with Gasteiger partial charge in [-0.05, 0) is 67.6 Å². The van der Waals surface area contributed by atoms with E-state index in [-0.39, 0.29) is 36.2 Å². The molecule has 0 saturated heterocycles. The second kappa shape index (κ2) is 8.94. The molecular formula is C20H26ClN3O3S. The van der Waals surface area contributed by atoms with Crippen LogP contribution in [0.1, 0.15) is 29.5 Å². The highest BCUT2D eigenvalue weighted by molar-refractivity contribution is 7.89. The number of benzene rings is 2. The van der Waals surface area contributed by atoms with Crippen molar-refractivity contribution in [2.45, 2.75) is 38.0 Å². The Morgan fingerprint density at radius 3 is 2.64 bits per heavy atom. The number of aryl methyl sites for hydroxylation is 2. The van der Waals surface area contributed by atoms with Crippen molar-refractivity contribution in [3.63, 3.8) is 0 Å². The van der Waals surface area contributed by atoms with Crippen molar-refractivity contribution in [3.05, 3.63) is 53.1 Å². The van der Waals surface area contributed by atoms with Crippen LogP contribution in [0, 0.1) is 13.8 Å². The van der Waals surface area contributed by atoms with Crippen LogP contribution in [0.25, 0.3) is 0 Å². The Labute approximate surface area is 172 Å². The average Bonchev–Trinajstić information content (AvgIpc) is 2.63. The fourth-order valence-electron chi connectivity index (χ4n) is 3.30. The van der Waals surface area contributed by atoms with Gasteiger partial charge >= 0.3 is 0 Å². The predicted molar refractivity (Wildman–Crippen MR) is 114 cm³/mol. The summed E-state index contributed by atoms with van der Waals surface area (Å²) in [6, 6.07) is 10.6. The van der Waals surface area contributed by atoms with Crippen molar-refractivity contribution in [2.75, 3.05) is 23.7 Å². The minimum Gasteiger partial charge on any atom is -0.398 e. The summed E-state index contributed by atoms with van der Waals surface area (Å²) in [6.45, 7) is 4.49. The number of amides is 1. The first-order valence-corrected chi connectivity index (χ1v) is 10.5. The van der Waals surface area contributed by atoms with Crippen molar-refractivity contribution in [3.8, 4) is 0 Å². The second-order valence-corrected chi connectivity index (χ2v) is 8.65. The summed E-state index contributed by atoms with van der Waals surface area (Å²) in [5.74, 6) is -0.107. The van der Waals surface area contributed by atoms with Gasteiger partial charge < -0.3 is 10.6 Å². The predicted octanol–water partition coefficient (Wildman–Crippen LogP) is 2.96. The number of carbonyl (C=O) groups is 1. The fraction of sp³-hybridized carbons (Fsp3) is 0.350. The number of nitrogens with zero attached hydrogens (tertiary/aromatic N) is 1. The van der Waals surface area contributed by atoms with E-state index in [4.69, 9.17) is 5.73 Å². The summed E-state index contributed by atoms with van der Waals surface area (Å²) in [4.78, 5) is 14.6. The third-order valence-electron chi connectivity index (χ3n) is 5.01. The molecule has 2 aromatic rings. The molecule has 1 aliphatic heterocycles. The standard InChI is InChI=1S/C20H25N3O3S.ClH/c1-14-8-9-16(13-15(14)2)27(25,26)22-11-10-20(24)23-12-4-5-17-18(21)6-3-7-19(17)23;/h3,6-9,13,22H,4-5,10-12,21H2,1-2H3;1H. The van der Waals surface area contributed by atoms with Crippen LogP contribution in [0.2, 0.25) is 0 Å². The molecular weight excluding hydrogens is 398 g/mol. The molecule has 0 fully saturated rings. The van der Waals surface area contributed by atoms with Gasteiger partial charge in [0.1, 0.15) is 0 Å². The molecule has 1 heterocycles. The quantitative estimate of drug-likeness (QED) is 0.723. The molecule has 0 aliphatic carbocycles. The highest BCUT2D eigenvalue weighted by Crippen LogP contribution is 2.31. The van der Waals surface area contributed by atoms with Crippen molar-refractivity contribution >= 4 is 39.7 Å². The number of hydrogen-bond acceptors (Lipinski definition) is 4. The monoisotopic (exact) mass is 423 g/mol. The zero-order valence-electron chi connectivity index (χ0n) is 16.1. The first-order valence-electron chi connectivity index (χ1n) is 9.04. The number of nitrogens with two attached hydrogens (primary N) is 1. The Balaban J connectivity index is 0.00000280. The number of hydrogen-bond donors (Lipinski definition) is 2. The average molecular weight is 424 g/mol. The molecule has 8 heteroatoms. The lowest BCUT2D eigenvalue weighted by atomic mass is 9.99. The summed E-state index contributed by atoms with van der Waals surface area (Å²) in [5.41, 5.74) is 10.5. The maximum atomic E-state index is 12.6. The summed E-state index contributed by atoms with van der Waals surface area (Å²) in [5, 5.41) is 0. The number of nitrogens with one attached hydrogen (secondary N) is 1. The summed E-state index contributed by atoms with van der Waals surface area (Å²) >= 11 is 0. The third-order valence-corrected chi connectivity index (χ3v) is 6.47. The van der Waals surface area contributed by atoms with E-state index in [0.29, 0.717) is 12.2 Å². The topological polar surface area (TPSA) is 92.5 Å². The third kappa shape index (κ3) is 4.66. The molecule has 1 amide bonds. The zero-order valence-corrected chi connectivity index (χ0v) is 17.7. The Bertz CT molecular complexity index is 977. The maximum Gasteiger partial charge on any atom is 0.240 e. The van der Waals surface area contributed by atoms with Gasteiger partial charge in [-0.2, -0.15) is 0 Å². The molecule has 0 radical (unpaired) electrons. The smallest absolute Gasteiger partial charge is 0.240 e. The number of fused-ring (bicyclic) bond motifs is 1. The van der Waals surface area contributed by atoms with E-state index in [2.05, 4.69) is 4.72 Å².